The van der Waals surface area contributed by atoms with Crippen LogP contribution in [-0.2, 0) is 92.8 Å². The number of phenols is 2. The lowest BCUT2D eigenvalue weighted by molar-refractivity contribution is -0.143. The Morgan fingerprint density at radius 1 is 0.470 bits per heavy atom. The molecule has 3 aromatic carbocycles. The van der Waals surface area contributed by atoms with Gasteiger partial charge in [-0.3, -0.25) is 62.3 Å². The highest BCUT2D eigenvalue weighted by atomic mass is 16.4. The molecule has 0 spiro atoms. The van der Waals surface area contributed by atoms with Crippen molar-refractivity contribution in [1.29, 1.82) is 0 Å². The number of phenolic OH excluding ortho intramolecular Hbond substituents is 2. The van der Waals surface area contributed by atoms with Crippen molar-refractivity contribution in [2.75, 3.05) is 0 Å². The monoisotopic (exact) mass is 1390 g/mol. The van der Waals surface area contributed by atoms with Gasteiger partial charge < -0.3 is 89.6 Å². The van der Waals surface area contributed by atoms with Gasteiger partial charge in [0.1, 0.15) is 78.0 Å². The zero-order valence-corrected chi connectivity index (χ0v) is 56.8. The molecule has 0 saturated carbocycles. The Balaban J connectivity index is 1.57. The van der Waals surface area contributed by atoms with Crippen LogP contribution >= 0.6 is 0 Å². The molecule has 0 bridgehead atoms. The predicted molar refractivity (Wildman–Crippen MR) is 359 cm³/mol. The summed E-state index contributed by atoms with van der Waals surface area (Å²) in [6, 6.07) is 1.57. The van der Waals surface area contributed by atoms with Crippen LogP contribution in [0.2, 0.25) is 0 Å². The molecule has 18 N–H and O–H groups in total. The molecule has 542 valence electrons. The van der Waals surface area contributed by atoms with Crippen LogP contribution in [0.3, 0.4) is 0 Å². The normalized spacial score (nSPS) is 24.0. The number of aromatic amines is 1. The van der Waals surface area contributed by atoms with Gasteiger partial charge in [0.05, 0.1) is 19.2 Å². The number of nitrogens with two attached hydrogens (primary N) is 1. The summed E-state index contributed by atoms with van der Waals surface area (Å²) in [5, 5.41) is 68.5. The van der Waals surface area contributed by atoms with Crippen LogP contribution in [0.25, 0.3) is 0 Å². The first-order chi connectivity index (χ1) is 47.3. The van der Waals surface area contributed by atoms with E-state index in [1.54, 1.807) is 71.9 Å². The van der Waals surface area contributed by atoms with Crippen molar-refractivity contribution < 1.29 is 87.5 Å². The molecule has 1 aromatic heterocycles. The number of carboxylic acid groups (broad SMARTS) is 2. The Bertz CT molecular complexity index is 3500. The van der Waals surface area contributed by atoms with Gasteiger partial charge in [-0.2, -0.15) is 0 Å². The third-order valence-electron chi connectivity index (χ3n) is 16.2. The van der Waals surface area contributed by atoms with Gasteiger partial charge >= 0.3 is 11.9 Å². The maximum Gasteiger partial charge on any atom is 0.326 e. The number of nitrogens with one attached hydrogen (secondary N) is 12. The van der Waals surface area contributed by atoms with Gasteiger partial charge in [0.2, 0.25) is 70.9 Å². The third-order valence-corrected chi connectivity index (χ3v) is 16.2. The first-order valence-corrected chi connectivity index (χ1v) is 32.9. The minimum Gasteiger partial charge on any atom is -0.508 e. The number of nitrogens with zero attached hydrogens (tertiary/aromatic N) is 1. The van der Waals surface area contributed by atoms with E-state index in [0.717, 1.165) is 0 Å². The summed E-state index contributed by atoms with van der Waals surface area (Å²) in [7, 11) is 0. The number of aromatic nitrogens is 2. The summed E-state index contributed by atoms with van der Waals surface area (Å²) in [6.45, 7) is 11.2. The largest absolute Gasteiger partial charge is 0.508 e. The van der Waals surface area contributed by atoms with E-state index in [-0.39, 0.29) is 86.5 Å². The Kier molecular flexibility index (Phi) is 31.0. The van der Waals surface area contributed by atoms with E-state index >= 15 is 0 Å². The van der Waals surface area contributed by atoms with Crippen molar-refractivity contribution in [3.8, 4) is 11.5 Å². The quantitative estimate of drug-likeness (QED) is 0.0615. The van der Waals surface area contributed by atoms with Gasteiger partial charge in [0.15, 0.2) is 0 Å². The summed E-state index contributed by atoms with van der Waals surface area (Å²) < 4.78 is 0. The van der Waals surface area contributed by atoms with Gasteiger partial charge in [0.25, 0.3) is 0 Å². The van der Waals surface area contributed by atoms with Crippen LogP contribution in [-0.4, -0.2) is 180 Å². The number of H-pyrrole nitrogens is 1. The van der Waals surface area contributed by atoms with Crippen molar-refractivity contribution in [2.24, 2.45) is 23.5 Å². The molecule has 0 unspecified atom stereocenters. The second-order valence-electron chi connectivity index (χ2n) is 25.8. The smallest absolute Gasteiger partial charge is 0.326 e. The van der Waals surface area contributed by atoms with E-state index in [1.807, 2.05) is 0 Å². The third kappa shape index (κ3) is 26.5. The van der Waals surface area contributed by atoms with E-state index in [4.69, 9.17) is 5.73 Å². The second-order valence-corrected chi connectivity index (χ2v) is 25.8. The molecule has 0 radical (unpaired) electrons. The maximum atomic E-state index is 14.7. The van der Waals surface area contributed by atoms with Crippen molar-refractivity contribution in [2.45, 2.75) is 192 Å². The summed E-state index contributed by atoms with van der Waals surface area (Å²) in [5.41, 5.74) is 7.04. The van der Waals surface area contributed by atoms with Crippen molar-refractivity contribution in [3.05, 3.63) is 114 Å². The molecule has 1 aliphatic rings. The molecule has 32 heteroatoms. The van der Waals surface area contributed by atoms with Gasteiger partial charge in [-0.15, -0.1) is 0 Å². The lowest BCUT2D eigenvalue weighted by Crippen LogP contribution is -2.61. The number of carboxylic acids is 2. The number of aromatic hydroxyl groups is 2. The number of hydrogen-bond donors (Lipinski definition) is 17. The number of carbonyl (C=O) groups is 14. The van der Waals surface area contributed by atoms with Crippen LogP contribution in [0.5, 0.6) is 11.5 Å². The average Bonchev–Trinajstić information content (AvgIpc) is 0.950. The second kappa shape index (κ2) is 38.9. The molecule has 1 aliphatic heterocycles. The molecule has 1 saturated heterocycles. The van der Waals surface area contributed by atoms with E-state index in [0.29, 0.717) is 11.1 Å². The SMILES string of the molecule is CC(C)C[C@@H]1NC(=O)[C@H](Cc2ccc(O)cc2)NC(=O)[C@H](CC(=O)O)NC(=O)[C@H](Cc2ccc(O)cc2)NC(=O)[C@H](CC(N)=O)NC(=O)[C@H](Cc2cnc[nH]2)NC(=O)[C@H](C)NC(=O)[C@H](Cc2ccccc2)NC(=O)[C@H](C(C)C)NC(=O)CCCCC[C@@H](C(=O)O)NC(=O)[C@H](C(C)C)NC1=O. The Morgan fingerprint density at radius 3 is 1.36 bits per heavy atom. The van der Waals surface area contributed by atoms with Crippen LogP contribution in [0, 0.1) is 17.8 Å². The average molecular weight is 1390 g/mol. The fourth-order valence-corrected chi connectivity index (χ4v) is 10.7. The van der Waals surface area contributed by atoms with Gasteiger partial charge in [-0.05, 0) is 84.9 Å². The Labute approximate surface area is 577 Å². The van der Waals surface area contributed by atoms with E-state index in [2.05, 4.69) is 68.5 Å². The minimum absolute atomic E-state index is 0.0731. The van der Waals surface area contributed by atoms with Crippen LogP contribution in [0.15, 0.2) is 91.4 Å². The fraction of sp³-hybridized carbons (Fsp3) is 0.485. The standard InChI is InChI=1S/C68H92N14O18/c1-35(2)26-46-65(96)82-57(37(5)6)67(98)73-45(68(99)100)16-12-9-13-17-54(86)81-56(36(3)4)66(97)80-47(27-39-14-10-8-11-15-39)59(90)72-38(7)58(89)74-50(30-42-33-70-34-71-42)62(93)78-51(31-53(69)85)63(94)76-49(29-41-20-24-44(84)25-21-41)61(92)79-52(32-55(87)88)64(95)77-48(60(91)75-46)28-40-18-22-43(83)23-19-40/h8,10-11,14-15,18-25,33-38,45-52,56-57,83-84H,9,12-13,16-17,26-32H2,1-7H3,(H2,69,85)(H,70,71)(H,72,90)(H,73,98)(H,74,89)(H,75,91)(H,76,94)(H,77,95)(H,78,93)(H,79,92)(H,80,97)(H,81,86)(H,82,96)(H,87,88)(H,99,100)/t38-,45-,46-,47-,48-,49-,50-,51-,52-,56-,57-/m0/s1. The molecule has 11 atom stereocenters. The highest BCUT2D eigenvalue weighted by Crippen LogP contribution is 2.18. The van der Waals surface area contributed by atoms with Crippen LogP contribution in [0.1, 0.15) is 122 Å². The number of rotatable bonds is 17. The molecule has 12 amide bonds. The summed E-state index contributed by atoms with van der Waals surface area (Å²) in [5.74, 6) is -17.0. The van der Waals surface area contributed by atoms with Crippen molar-refractivity contribution in [3.63, 3.8) is 0 Å². The molecule has 32 nitrogen and oxygen atoms in total. The fourth-order valence-electron chi connectivity index (χ4n) is 10.7. The molecule has 0 aliphatic carbocycles. The van der Waals surface area contributed by atoms with E-state index in [1.165, 1.54) is 68.0 Å². The van der Waals surface area contributed by atoms with Gasteiger partial charge in [0, 0.05) is 44.0 Å². The summed E-state index contributed by atoms with van der Waals surface area (Å²) >= 11 is 0. The minimum atomic E-state index is -2.06. The number of amides is 12. The number of benzene rings is 3. The number of hydrogen-bond acceptors (Lipinski definition) is 17. The van der Waals surface area contributed by atoms with Gasteiger partial charge in [-0.1, -0.05) is 109 Å². The Hall–Kier alpha value is -10.9. The zero-order valence-electron chi connectivity index (χ0n) is 56.8. The molecule has 4 aromatic rings. The highest BCUT2D eigenvalue weighted by molar-refractivity contribution is 6.01. The topological polar surface area (TPSA) is 507 Å². The molecule has 2 heterocycles. The Morgan fingerprint density at radius 2 is 0.890 bits per heavy atom. The number of aliphatic carboxylic acids is 2. The first kappa shape index (κ1) is 79.7. The highest BCUT2D eigenvalue weighted by Gasteiger charge is 2.38. The molecule has 1 fully saturated rings. The first-order valence-electron chi connectivity index (χ1n) is 32.9. The lowest BCUT2D eigenvalue weighted by atomic mass is 9.98. The summed E-state index contributed by atoms with van der Waals surface area (Å²) in [4.78, 5) is 202. The van der Waals surface area contributed by atoms with E-state index in [9.17, 15) is 87.5 Å². The summed E-state index contributed by atoms with van der Waals surface area (Å²) in [6.07, 6.45) is -0.456. The molecular formula is C68H92N14O18. The maximum absolute atomic E-state index is 14.7. The number of imidazole rings is 1. The molecular weight excluding hydrogens is 1300 g/mol. The van der Waals surface area contributed by atoms with Crippen LogP contribution in [0.4, 0.5) is 0 Å². The zero-order chi connectivity index (χ0) is 73.9. The predicted octanol–water partition coefficient (Wildman–Crippen LogP) is -0.799. The van der Waals surface area contributed by atoms with Gasteiger partial charge in [-0.25, -0.2) is 9.78 Å². The number of primary amides is 1. The van der Waals surface area contributed by atoms with Crippen molar-refractivity contribution in [1.82, 2.24) is 68.5 Å². The van der Waals surface area contributed by atoms with Crippen molar-refractivity contribution >= 4 is 82.8 Å². The molecule has 5 rings (SSSR count). The van der Waals surface area contributed by atoms with E-state index < -0.39 is 180 Å². The van der Waals surface area contributed by atoms with Crippen LogP contribution < -0.4 is 64.2 Å². The lowest BCUT2D eigenvalue weighted by Gasteiger charge is -2.29. The number of carbonyl (C=O) groups excluding carboxylic acids is 12. The molecule has 100 heavy (non-hydrogen) atoms.